The molecule has 2 rings (SSSR count). The van der Waals surface area contributed by atoms with Crippen LogP contribution >= 0.6 is 0 Å². The Bertz CT molecular complexity index is 549. The highest BCUT2D eigenvalue weighted by Gasteiger charge is 2.11. The van der Waals surface area contributed by atoms with Gasteiger partial charge in [0.25, 0.3) is 0 Å². The lowest BCUT2D eigenvalue weighted by Gasteiger charge is -1.99. The fourth-order valence-corrected chi connectivity index (χ4v) is 1.32. The van der Waals surface area contributed by atoms with Crippen LogP contribution in [0, 0.1) is 17.0 Å². The Balaban J connectivity index is 2.46. The molecule has 0 unspecified atom stereocenters. The molecule has 0 aliphatic heterocycles. The Morgan fingerprint density at radius 2 is 1.94 bits per heavy atom. The van der Waals surface area contributed by atoms with Crippen LogP contribution < -0.4 is 5.73 Å². The minimum atomic E-state index is -0.718. The normalized spacial score (nSPS) is 10.4. The van der Waals surface area contributed by atoms with Crippen LogP contribution in [0.5, 0.6) is 0 Å². The molecule has 0 saturated carbocycles. The molecule has 0 bridgehead atoms. The zero-order valence-electron chi connectivity index (χ0n) is 8.13. The number of hydrogen-bond donors (Lipinski definition) is 2. The summed E-state index contributed by atoms with van der Waals surface area (Å²) in [6, 6.07) is 6.11. The predicted molar refractivity (Wildman–Crippen MR) is 55.1 cm³/mol. The van der Waals surface area contributed by atoms with Gasteiger partial charge in [0.1, 0.15) is 17.4 Å². The Kier molecular flexibility index (Phi) is 2.44. The second-order valence-corrected chi connectivity index (χ2v) is 3.20. The van der Waals surface area contributed by atoms with Crippen LogP contribution in [-0.4, -0.2) is 5.84 Å². The van der Waals surface area contributed by atoms with Crippen LogP contribution in [0.1, 0.15) is 5.76 Å². The molecule has 0 saturated heterocycles. The molecule has 0 radical (unpaired) electrons. The Morgan fingerprint density at radius 1 is 1.19 bits per heavy atom. The minimum Gasteiger partial charge on any atom is -0.453 e. The maximum atomic E-state index is 13.4. The number of halogens is 2. The number of nitrogens with two attached hydrogens (primary N) is 1. The van der Waals surface area contributed by atoms with Gasteiger partial charge < -0.3 is 10.2 Å². The van der Waals surface area contributed by atoms with Crippen molar-refractivity contribution in [2.24, 2.45) is 5.73 Å². The number of amidine groups is 1. The molecule has 1 aromatic carbocycles. The summed E-state index contributed by atoms with van der Waals surface area (Å²) in [4.78, 5) is 0. The maximum absolute atomic E-state index is 13.4. The molecule has 0 amide bonds. The van der Waals surface area contributed by atoms with Gasteiger partial charge in [-0.15, -0.1) is 0 Å². The standard InChI is InChI=1S/C11H8F2N2O/c12-6-1-2-7(8(13)5-6)9-3-4-10(16-9)11(14)15/h1-5H,(H3,14,15). The number of benzene rings is 1. The van der Waals surface area contributed by atoms with E-state index in [1.807, 2.05) is 0 Å². The number of nitrogen functional groups attached to an aromatic ring is 1. The largest absolute Gasteiger partial charge is 0.453 e. The third kappa shape index (κ3) is 1.79. The van der Waals surface area contributed by atoms with Crippen molar-refractivity contribution in [3.63, 3.8) is 0 Å². The van der Waals surface area contributed by atoms with Crippen molar-refractivity contribution in [3.8, 4) is 11.3 Å². The molecule has 0 aliphatic rings. The van der Waals surface area contributed by atoms with Crippen LogP contribution in [0.2, 0.25) is 0 Å². The van der Waals surface area contributed by atoms with Gasteiger partial charge in [-0.05, 0) is 24.3 Å². The Labute approximate surface area is 90.0 Å². The van der Waals surface area contributed by atoms with E-state index in [1.165, 1.54) is 18.2 Å². The summed E-state index contributed by atoms with van der Waals surface area (Å²) >= 11 is 0. The lowest BCUT2D eigenvalue weighted by atomic mass is 10.1. The molecule has 0 spiro atoms. The van der Waals surface area contributed by atoms with Crippen molar-refractivity contribution in [2.75, 3.05) is 0 Å². The zero-order valence-corrected chi connectivity index (χ0v) is 8.13. The highest BCUT2D eigenvalue weighted by molar-refractivity contribution is 5.92. The molecule has 3 N–H and O–H groups in total. The average molecular weight is 222 g/mol. The molecule has 0 aliphatic carbocycles. The summed E-state index contributed by atoms with van der Waals surface area (Å²) in [5.41, 5.74) is 5.34. The van der Waals surface area contributed by atoms with E-state index in [2.05, 4.69) is 0 Å². The summed E-state index contributed by atoms with van der Waals surface area (Å²) < 4.78 is 31.2. The van der Waals surface area contributed by atoms with Crippen molar-refractivity contribution >= 4 is 5.84 Å². The third-order valence-corrected chi connectivity index (χ3v) is 2.07. The first-order chi connectivity index (χ1) is 7.58. The summed E-state index contributed by atoms with van der Waals surface area (Å²) in [5.74, 6) is -1.25. The maximum Gasteiger partial charge on any atom is 0.168 e. The van der Waals surface area contributed by atoms with Gasteiger partial charge >= 0.3 is 0 Å². The molecule has 1 heterocycles. The molecule has 0 atom stereocenters. The van der Waals surface area contributed by atoms with Crippen LogP contribution in [0.4, 0.5) is 8.78 Å². The van der Waals surface area contributed by atoms with Crippen molar-refractivity contribution in [1.29, 1.82) is 5.41 Å². The summed E-state index contributed by atoms with van der Waals surface area (Å²) in [5, 5.41) is 7.13. The molecule has 0 fully saturated rings. The molecular formula is C11H8F2N2O. The van der Waals surface area contributed by atoms with Gasteiger partial charge in [-0.25, -0.2) is 8.78 Å². The van der Waals surface area contributed by atoms with Crippen LogP contribution in [0.3, 0.4) is 0 Å². The van der Waals surface area contributed by atoms with E-state index in [4.69, 9.17) is 15.6 Å². The van der Waals surface area contributed by atoms with Gasteiger partial charge in [-0.3, -0.25) is 5.41 Å². The molecule has 16 heavy (non-hydrogen) atoms. The molecule has 1 aromatic heterocycles. The SMILES string of the molecule is N=C(N)c1ccc(-c2ccc(F)cc2F)o1. The van der Waals surface area contributed by atoms with E-state index >= 15 is 0 Å². The Hall–Kier alpha value is -2.17. The summed E-state index contributed by atoms with van der Waals surface area (Å²) in [7, 11) is 0. The van der Waals surface area contributed by atoms with E-state index in [0.717, 1.165) is 12.1 Å². The second-order valence-electron chi connectivity index (χ2n) is 3.20. The first-order valence-corrected chi connectivity index (χ1v) is 4.47. The van der Waals surface area contributed by atoms with E-state index in [9.17, 15) is 8.78 Å². The third-order valence-electron chi connectivity index (χ3n) is 2.07. The van der Waals surface area contributed by atoms with Gasteiger partial charge in [0, 0.05) is 6.07 Å². The van der Waals surface area contributed by atoms with Crippen molar-refractivity contribution in [1.82, 2.24) is 0 Å². The lowest BCUT2D eigenvalue weighted by molar-refractivity contribution is 0.553. The topological polar surface area (TPSA) is 63.0 Å². The molecule has 3 nitrogen and oxygen atoms in total. The van der Waals surface area contributed by atoms with Crippen molar-refractivity contribution in [2.45, 2.75) is 0 Å². The zero-order chi connectivity index (χ0) is 11.7. The van der Waals surface area contributed by atoms with Gasteiger partial charge in [-0.2, -0.15) is 0 Å². The van der Waals surface area contributed by atoms with Crippen LogP contribution in [0.25, 0.3) is 11.3 Å². The number of nitrogens with one attached hydrogen (secondary N) is 1. The van der Waals surface area contributed by atoms with E-state index in [-0.39, 0.29) is 22.9 Å². The fourth-order valence-electron chi connectivity index (χ4n) is 1.32. The quantitative estimate of drug-likeness (QED) is 0.605. The molecule has 2 aromatic rings. The number of rotatable bonds is 2. The smallest absolute Gasteiger partial charge is 0.168 e. The van der Waals surface area contributed by atoms with Gasteiger partial charge in [0.05, 0.1) is 5.56 Å². The monoisotopic (exact) mass is 222 g/mol. The Morgan fingerprint density at radius 3 is 2.50 bits per heavy atom. The lowest BCUT2D eigenvalue weighted by Crippen LogP contribution is -2.09. The average Bonchev–Trinajstić information content (AvgIpc) is 2.66. The minimum absolute atomic E-state index is 0.133. The first-order valence-electron chi connectivity index (χ1n) is 4.47. The van der Waals surface area contributed by atoms with Gasteiger partial charge in [0.15, 0.2) is 11.6 Å². The fraction of sp³-hybridized carbons (Fsp3) is 0. The van der Waals surface area contributed by atoms with Gasteiger partial charge in [0.2, 0.25) is 0 Å². The molecule has 82 valence electrons. The van der Waals surface area contributed by atoms with E-state index in [1.54, 1.807) is 0 Å². The van der Waals surface area contributed by atoms with E-state index in [0.29, 0.717) is 0 Å². The predicted octanol–water partition coefficient (Wildman–Crippen LogP) is 2.51. The summed E-state index contributed by atoms with van der Waals surface area (Å²) in [6.07, 6.45) is 0. The van der Waals surface area contributed by atoms with Crippen LogP contribution in [-0.2, 0) is 0 Å². The number of furan rings is 1. The highest BCUT2D eigenvalue weighted by Crippen LogP contribution is 2.25. The highest BCUT2D eigenvalue weighted by atomic mass is 19.1. The van der Waals surface area contributed by atoms with Gasteiger partial charge in [-0.1, -0.05) is 0 Å². The van der Waals surface area contributed by atoms with Crippen molar-refractivity contribution in [3.05, 3.63) is 47.7 Å². The second kappa shape index (κ2) is 3.77. The van der Waals surface area contributed by atoms with Crippen molar-refractivity contribution < 1.29 is 13.2 Å². The number of hydrogen-bond acceptors (Lipinski definition) is 2. The van der Waals surface area contributed by atoms with Crippen LogP contribution in [0.15, 0.2) is 34.7 Å². The molecule has 5 heteroatoms. The van der Waals surface area contributed by atoms with E-state index < -0.39 is 11.6 Å². The summed E-state index contributed by atoms with van der Waals surface area (Å²) in [6.45, 7) is 0. The molecular weight excluding hydrogens is 214 g/mol. The first kappa shape index (κ1) is 10.4.